The zero-order chi connectivity index (χ0) is 16.8. The Morgan fingerprint density at radius 1 is 1.04 bits per heavy atom. The van der Waals surface area contributed by atoms with Crippen molar-refractivity contribution >= 4 is 5.96 Å². The van der Waals surface area contributed by atoms with Gasteiger partial charge in [-0.15, -0.1) is 0 Å². The van der Waals surface area contributed by atoms with Crippen molar-refractivity contribution in [3.05, 3.63) is 54.1 Å². The number of aliphatic imine (C=N–C) groups is 1. The maximum absolute atomic E-state index is 5.83. The van der Waals surface area contributed by atoms with Gasteiger partial charge in [0, 0.05) is 12.6 Å². The predicted molar refractivity (Wildman–Crippen MR) is 96.1 cm³/mol. The van der Waals surface area contributed by atoms with Gasteiger partial charge in [0.25, 0.3) is 0 Å². The maximum Gasteiger partial charge on any atom is 0.191 e. The van der Waals surface area contributed by atoms with Gasteiger partial charge in [-0.2, -0.15) is 0 Å². The minimum absolute atomic E-state index is 0.432. The molecule has 0 aromatic heterocycles. The first kappa shape index (κ1) is 16.2. The average Bonchev–Trinajstić information content (AvgIpc) is 3.02. The number of nitrogens with zero attached hydrogens (tertiary/aromatic N) is 1. The Kier molecular flexibility index (Phi) is 5.21. The summed E-state index contributed by atoms with van der Waals surface area (Å²) in [6, 6.07) is 16.2. The monoisotopic (exact) mass is 325 g/mol. The molecule has 1 heterocycles. The first-order chi connectivity index (χ1) is 11.7. The lowest BCUT2D eigenvalue weighted by molar-refractivity contribution is 0.413. The molecule has 0 spiro atoms. The molecule has 3 rings (SSSR count). The minimum Gasteiger partial charge on any atom is -0.497 e. The van der Waals surface area contributed by atoms with E-state index in [1.165, 1.54) is 5.56 Å². The van der Waals surface area contributed by atoms with Crippen LogP contribution in [0.5, 0.6) is 17.2 Å². The topological polar surface area (TPSA) is 54.9 Å². The summed E-state index contributed by atoms with van der Waals surface area (Å²) >= 11 is 0. The molecule has 0 radical (unpaired) electrons. The molecular weight excluding hydrogens is 302 g/mol. The molecule has 126 valence electrons. The third kappa shape index (κ3) is 4.41. The number of nitrogens with one attached hydrogen (secondary N) is 2. The van der Waals surface area contributed by atoms with Crippen LogP contribution >= 0.6 is 0 Å². The average molecular weight is 325 g/mol. The lowest BCUT2D eigenvalue weighted by atomic mass is 10.1. The molecule has 1 unspecified atom stereocenters. The van der Waals surface area contributed by atoms with Crippen LogP contribution < -0.4 is 20.1 Å². The zero-order valence-corrected chi connectivity index (χ0v) is 14.1. The SMILES string of the molecule is COc1ccc(Oc2ccc(CCNC3=NCC(C)N3)cc2)cc1. The van der Waals surface area contributed by atoms with Gasteiger partial charge in [-0.05, 0) is 55.3 Å². The van der Waals surface area contributed by atoms with Crippen molar-refractivity contribution in [2.45, 2.75) is 19.4 Å². The van der Waals surface area contributed by atoms with Crippen LogP contribution in [0.25, 0.3) is 0 Å². The molecule has 2 N–H and O–H groups in total. The summed E-state index contributed by atoms with van der Waals surface area (Å²) in [7, 11) is 1.65. The van der Waals surface area contributed by atoms with Crippen LogP contribution in [0.4, 0.5) is 0 Å². The smallest absolute Gasteiger partial charge is 0.191 e. The molecule has 0 aliphatic carbocycles. The molecule has 1 atom stereocenters. The van der Waals surface area contributed by atoms with Crippen molar-refractivity contribution in [1.29, 1.82) is 0 Å². The lowest BCUT2D eigenvalue weighted by Crippen LogP contribution is -2.38. The van der Waals surface area contributed by atoms with Crippen LogP contribution in [-0.4, -0.2) is 32.2 Å². The second-order valence-corrected chi connectivity index (χ2v) is 5.83. The second-order valence-electron chi connectivity index (χ2n) is 5.83. The molecule has 5 heteroatoms. The molecule has 0 bridgehead atoms. The summed E-state index contributed by atoms with van der Waals surface area (Å²) < 4.78 is 11.0. The van der Waals surface area contributed by atoms with E-state index in [1.807, 2.05) is 36.4 Å². The van der Waals surface area contributed by atoms with E-state index in [4.69, 9.17) is 9.47 Å². The molecule has 0 amide bonds. The number of benzene rings is 2. The number of methoxy groups -OCH3 is 1. The van der Waals surface area contributed by atoms with Crippen LogP contribution in [0.1, 0.15) is 12.5 Å². The van der Waals surface area contributed by atoms with Crippen molar-refractivity contribution in [2.24, 2.45) is 4.99 Å². The Labute approximate surface area is 142 Å². The Balaban J connectivity index is 1.47. The van der Waals surface area contributed by atoms with Crippen LogP contribution in [0.15, 0.2) is 53.5 Å². The van der Waals surface area contributed by atoms with Gasteiger partial charge in [0.2, 0.25) is 0 Å². The third-order valence-electron chi connectivity index (χ3n) is 3.83. The van der Waals surface area contributed by atoms with Crippen molar-refractivity contribution in [2.75, 3.05) is 20.2 Å². The van der Waals surface area contributed by atoms with E-state index >= 15 is 0 Å². The first-order valence-corrected chi connectivity index (χ1v) is 8.18. The van der Waals surface area contributed by atoms with Crippen LogP contribution in [0, 0.1) is 0 Å². The Hall–Kier alpha value is -2.69. The van der Waals surface area contributed by atoms with E-state index in [0.717, 1.165) is 42.7 Å². The maximum atomic E-state index is 5.83. The molecule has 0 fully saturated rings. The molecule has 0 saturated heterocycles. The third-order valence-corrected chi connectivity index (χ3v) is 3.83. The number of hydrogen-bond acceptors (Lipinski definition) is 5. The molecule has 2 aromatic carbocycles. The van der Waals surface area contributed by atoms with Crippen molar-refractivity contribution in [3.63, 3.8) is 0 Å². The highest BCUT2D eigenvalue weighted by Gasteiger charge is 2.11. The van der Waals surface area contributed by atoms with E-state index in [0.29, 0.717) is 6.04 Å². The molecule has 1 aliphatic heterocycles. The predicted octanol–water partition coefficient (Wildman–Crippen LogP) is 2.97. The van der Waals surface area contributed by atoms with Crippen molar-refractivity contribution in [3.8, 4) is 17.2 Å². The highest BCUT2D eigenvalue weighted by molar-refractivity contribution is 5.81. The molecule has 5 nitrogen and oxygen atoms in total. The van der Waals surface area contributed by atoms with E-state index in [-0.39, 0.29) is 0 Å². The number of hydrogen-bond donors (Lipinski definition) is 2. The largest absolute Gasteiger partial charge is 0.497 e. The van der Waals surface area contributed by atoms with E-state index < -0.39 is 0 Å². The second kappa shape index (κ2) is 7.73. The van der Waals surface area contributed by atoms with Gasteiger partial charge in [0.15, 0.2) is 5.96 Å². The summed E-state index contributed by atoms with van der Waals surface area (Å²) in [4.78, 5) is 4.39. The van der Waals surface area contributed by atoms with Gasteiger partial charge in [-0.3, -0.25) is 4.99 Å². The summed E-state index contributed by atoms with van der Waals surface area (Å²) in [5.41, 5.74) is 1.26. The number of guanidine groups is 1. The van der Waals surface area contributed by atoms with Gasteiger partial charge in [-0.25, -0.2) is 0 Å². The van der Waals surface area contributed by atoms with Crippen LogP contribution in [-0.2, 0) is 6.42 Å². The van der Waals surface area contributed by atoms with Crippen molar-refractivity contribution < 1.29 is 9.47 Å². The Morgan fingerprint density at radius 3 is 2.25 bits per heavy atom. The quantitative estimate of drug-likeness (QED) is 0.857. The number of rotatable bonds is 6. The van der Waals surface area contributed by atoms with Crippen molar-refractivity contribution in [1.82, 2.24) is 10.6 Å². The van der Waals surface area contributed by atoms with E-state index in [2.05, 4.69) is 34.7 Å². The van der Waals surface area contributed by atoms with Gasteiger partial charge in [-0.1, -0.05) is 12.1 Å². The zero-order valence-electron chi connectivity index (χ0n) is 14.1. The fraction of sp³-hybridized carbons (Fsp3) is 0.316. The summed E-state index contributed by atoms with van der Waals surface area (Å²) in [5.74, 6) is 3.35. The van der Waals surface area contributed by atoms with Gasteiger partial charge in [0.1, 0.15) is 17.2 Å². The fourth-order valence-electron chi connectivity index (χ4n) is 2.49. The lowest BCUT2D eigenvalue weighted by Gasteiger charge is -2.10. The molecule has 1 aliphatic rings. The molecular formula is C19H23N3O2. The molecule has 0 saturated carbocycles. The highest BCUT2D eigenvalue weighted by atomic mass is 16.5. The minimum atomic E-state index is 0.432. The Bertz CT molecular complexity index is 681. The van der Waals surface area contributed by atoms with Crippen LogP contribution in [0.2, 0.25) is 0 Å². The summed E-state index contributed by atoms with van der Waals surface area (Å²) in [6.07, 6.45) is 0.942. The van der Waals surface area contributed by atoms with Gasteiger partial charge < -0.3 is 20.1 Å². The summed E-state index contributed by atoms with van der Waals surface area (Å²) in [6.45, 7) is 3.83. The standard InChI is InChI=1S/C19H23N3O2/c1-14-13-21-19(22-14)20-12-11-15-3-5-17(6-4-15)24-18-9-7-16(23-2)8-10-18/h3-10,14H,11-13H2,1-2H3,(H2,20,21,22). The van der Waals surface area contributed by atoms with E-state index in [1.54, 1.807) is 7.11 Å². The number of ether oxygens (including phenoxy) is 2. The summed E-state index contributed by atoms with van der Waals surface area (Å²) in [5, 5.41) is 6.62. The first-order valence-electron chi connectivity index (χ1n) is 8.18. The van der Waals surface area contributed by atoms with Crippen LogP contribution in [0.3, 0.4) is 0 Å². The fourth-order valence-corrected chi connectivity index (χ4v) is 2.49. The normalized spacial score (nSPS) is 16.2. The highest BCUT2D eigenvalue weighted by Crippen LogP contribution is 2.24. The molecule has 2 aromatic rings. The van der Waals surface area contributed by atoms with Gasteiger partial charge >= 0.3 is 0 Å². The Morgan fingerprint density at radius 2 is 1.67 bits per heavy atom. The van der Waals surface area contributed by atoms with E-state index in [9.17, 15) is 0 Å². The van der Waals surface area contributed by atoms with Gasteiger partial charge in [0.05, 0.1) is 13.7 Å². The molecule has 24 heavy (non-hydrogen) atoms.